The highest BCUT2D eigenvalue weighted by Gasteiger charge is 2.23. The van der Waals surface area contributed by atoms with Crippen LogP contribution < -0.4 is 14.9 Å². The van der Waals surface area contributed by atoms with Crippen LogP contribution in [-0.2, 0) is 21.2 Å². The van der Waals surface area contributed by atoms with E-state index in [-0.39, 0.29) is 11.5 Å². The number of nitrogens with zero attached hydrogens (tertiary/aromatic N) is 1. The number of benzene rings is 3. The fourth-order valence-corrected chi connectivity index (χ4v) is 4.47. The van der Waals surface area contributed by atoms with E-state index in [2.05, 4.69) is 10.6 Å². The van der Waals surface area contributed by atoms with Crippen molar-refractivity contribution in [3.63, 3.8) is 0 Å². The number of para-hydroxylation sites is 1. The summed E-state index contributed by atoms with van der Waals surface area (Å²) in [6, 6.07) is 21.2. The van der Waals surface area contributed by atoms with Gasteiger partial charge in [0, 0.05) is 11.6 Å². The van der Waals surface area contributed by atoms with Crippen LogP contribution in [-0.4, -0.2) is 39.6 Å². The van der Waals surface area contributed by atoms with Crippen molar-refractivity contribution >= 4 is 44.8 Å². The maximum Gasteiger partial charge on any atom is 0.253 e. The molecule has 0 unspecified atom stereocenters. The quantitative estimate of drug-likeness (QED) is 0.464. The van der Waals surface area contributed by atoms with Crippen LogP contribution in [0.4, 0.5) is 11.4 Å². The molecule has 0 aromatic heterocycles. The lowest BCUT2D eigenvalue weighted by Crippen LogP contribution is -2.38. The van der Waals surface area contributed by atoms with Crippen LogP contribution in [0.15, 0.2) is 72.8 Å². The van der Waals surface area contributed by atoms with E-state index in [4.69, 9.17) is 11.6 Å². The van der Waals surface area contributed by atoms with Crippen molar-refractivity contribution in [1.82, 2.24) is 5.32 Å². The molecule has 2 amide bonds. The number of carbonyl (C=O) groups excluding carboxylic acids is 2. The highest BCUT2D eigenvalue weighted by molar-refractivity contribution is 7.92. The van der Waals surface area contributed by atoms with Crippen molar-refractivity contribution in [2.45, 2.75) is 13.3 Å². The minimum absolute atomic E-state index is 0.286. The molecular weight excluding hydrogens is 474 g/mol. The van der Waals surface area contributed by atoms with Crippen molar-refractivity contribution < 1.29 is 18.0 Å². The Bertz CT molecular complexity index is 1280. The van der Waals surface area contributed by atoms with Crippen LogP contribution in [0.25, 0.3) is 0 Å². The summed E-state index contributed by atoms with van der Waals surface area (Å²) in [7, 11) is -3.77. The SMILES string of the molecule is Cc1ccc(Cl)cc1N(CC(=O)Nc1ccccc1C(=O)NCCc1ccccc1)S(C)(=O)=O. The first kappa shape index (κ1) is 25.3. The zero-order valence-corrected chi connectivity index (χ0v) is 20.5. The van der Waals surface area contributed by atoms with Gasteiger partial charge in [0.1, 0.15) is 6.54 Å². The van der Waals surface area contributed by atoms with E-state index in [9.17, 15) is 18.0 Å². The van der Waals surface area contributed by atoms with E-state index in [0.29, 0.717) is 34.9 Å². The maximum atomic E-state index is 12.8. The van der Waals surface area contributed by atoms with Gasteiger partial charge in [-0.2, -0.15) is 0 Å². The molecule has 34 heavy (non-hydrogen) atoms. The summed E-state index contributed by atoms with van der Waals surface area (Å²) in [5, 5.41) is 5.88. The molecular formula is C25H26ClN3O4S. The van der Waals surface area contributed by atoms with Crippen LogP contribution >= 0.6 is 11.6 Å². The van der Waals surface area contributed by atoms with E-state index in [0.717, 1.165) is 16.1 Å². The van der Waals surface area contributed by atoms with Gasteiger partial charge in [-0.05, 0) is 48.7 Å². The first-order valence-corrected chi connectivity index (χ1v) is 12.8. The second-order valence-electron chi connectivity index (χ2n) is 7.79. The molecule has 0 atom stereocenters. The van der Waals surface area contributed by atoms with E-state index in [1.54, 1.807) is 43.3 Å². The first-order valence-electron chi connectivity index (χ1n) is 10.6. The number of halogens is 1. The molecule has 0 saturated heterocycles. The van der Waals surface area contributed by atoms with Gasteiger partial charge >= 0.3 is 0 Å². The summed E-state index contributed by atoms with van der Waals surface area (Å²) in [4.78, 5) is 25.6. The average Bonchev–Trinajstić information content (AvgIpc) is 2.79. The number of hydrogen-bond donors (Lipinski definition) is 2. The normalized spacial score (nSPS) is 11.0. The molecule has 178 valence electrons. The van der Waals surface area contributed by atoms with Crippen molar-refractivity contribution in [2.24, 2.45) is 0 Å². The van der Waals surface area contributed by atoms with Gasteiger partial charge in [0.25, 0.3) is 5.91 Å². The standard InChI is InChI=1S/C25H26ClN3O4S/c1-18-12-13-20(26)16-23(18)29(34(2,32)33)17-24(30)28-22-11-7-6-10-21(22)25(31)27-15-14-19-8-4-3-5-9-19/h3-13,16H,14-15,17H2,1-2H3,(H,27,31)(H,28,30). The third kappa shape index (κ3) is 6.82. The lowest BCUT2D eigenvalue weighted by Gasteiger charge is -2.24. The van der Waals surface area contributed by atoms with Crippen molar-refractivity contribution in [2.75, 3.05) is 29.0 Å². The summed E-state index contributed by atoms with van der Waals surface area (Å²) in [6.07, 6.45) is 1.69. The van der Waals surface area contributed by atoms with Gasteiger partial charge in [0.05, 0.1) is 23.2 Å². The Kier molecular flexibility index (Phi) is 8.31. The molecule has 3 aromatic carbocycles. The van der Waals surface area contributed by atoms with E-state index in [1.165, 1.54) is 6.07 Å². The Morgan fingerprint density at radius 1 is 0.971 bits per heavy atom. The van der Waals surface area contributed by atoms with Gasteiger partial charge < -0.3 is 10.6 Å². The third-order valence-electron chi connectivity index (χ3n) is 5.12. The van der Waals surface area contributed by atoms with Gasteiger partial charge in [-0.25, -0.2) is 8.42 Å². The topological polar surface area (TPSA) is 95.6 Å². The summed E-state index contributed by atoms with van der Waals surface area (Å²) in [5.74, 6) is -0.924. The zero-order valence-electron chi connectivity index (χ0n) is 18.9. The van der Waals surface area contributed by atoms with E-state index < -0.39 is 22.5 Å². The molecule has 0 radical (unpaired) electrons. The van der Waals surface area contributed by atoms with E-state index >= 15 is 0 Å². The number of amides is 2. The molecule has 0 aliphatic heterocycles. The second kappa shape index (κ2) is 11.2. The number of rotatable bonds is 9. The summed E-state index contributed by atoms with van der Waals surface area (Å²) in [6.45, 7) is 1.70. The van der Waals surface area contributed by atoms with Crippen LogP contribution in [0.1, 0.15) is 21.5 Å². The largest absolute Gasteiger partial charge is 0.352 e. The molecule has 0 aliphatic rings. The predicted octanol–water partition coefficient (Wildman–Crippen LogP) is 4.03. The molecule has 7 nitrogen and oxygen atoms in total. The summed E-state index contributed by atoms with van der Waals surface area (Å²) < 4.78 is 25.9. The smallest absolute Gasteiger partial charge is 0.253 e. The highest BCUT2D eigenvalue weighted by atomic mass is 35.5. The van der Waals surface area contributed by atoms with Gasteiger partial charge in [0.15, 0.2) is 0 Å². The number of hydrogen-bond acceptors (Lipinski definition) is 4. The predicted molar refractivity (Wildman–Crippen MR) is 136 cm³/mol. The van der Waals surface area contributed by atoms with Gasteiger partial charge in [-0.3, -0.25) is 13.9 Å². The lowest BCUT2D eigenvalue weighted by atomic mass is 10.1. The molecule has 0 spiro atoms. The van der Waals surface area contributed by atoms with E-state index in [1.807, 2.05) is 30.3 Å². The van der Waals surface area contributed by atoms with Gasteiger partial charge in [-0.1, -0.05) is 60.1 Å². The summed E-state index contributed by atoms with van der Waals surface area (Å²) in [5.41, 5.74) is 2.65. The van der Waals surface area contributed by atoms with Crippen molar-refractivity contribution in [3.8, 4) is 0 Å². The molecule has 0 bridgehead atoms. The zero-order chi connectivity index (χ0) is 24.7. The molecule has 9 heteroatoms. The molecule has 0 aliphatic carbocycles. The summed E-state index contributed by atoms with van der Waals surface area (Å²) >= 11 is 6.05. The molecule has 0 fully saturated rings. The minimum Gasteiger partial charge on any atom is -0.352 e. The maximum absolute atomic E-state index is 12.8. The van der Waals surface area contributed by atoms with Gasteiger partial charge in [0.2, 0.25) is 15.9 Å². The van der Waals surface area contributed by atoms with Crippen molar-refractivity contribution in [3.05, 3.63) is 94.5 Å². The fourth-order valence-electron chi connectivity index (χ4n) is 3.40. The Hall–Kier alpha value is -3.36. The molecule has 2 N–H and O–H groups in total. The molecule has 3 rings (SSSR count). The van der Waals surface area contributed by atoms with Crippen LogP contribution in [0.2, 0.25) is 5.02 Å². The number of aryl methyl sites for hydroxylation is 1. The lowest BCUT2D eigenvalue weighted by molar-refractivity contribution is -0.114. The Labute approximate surface area is 204 Å². The fraction of sp³-hybridized carbons (Fsp3) is 0.200. The Morgan fingerprint density at radius 3 is 2.35 bits per heavy atom. The second-order valence-corrected chi connectivity index (χ2v) is 10.1. The number of sulfonamides is 1. The third-order valence-corrected chi connectivity index (χ3v) is 6.48. The minimum atomic E-state index is -3.77. The number of anilines is 2. The van der Waals surface area contributed by atoms with Crippen LogP contribution in [0, 0.1) is 6.92 Å². The first-order chi connectivity index (χ1) is 16.1. The Morgan fingerprint density at radius 2 is 1.65 bits per heavy atom. The highest BCUT2D eigenvalue weighted by Crippen LogP contribution is 2.26. The van der Waals surface area contributed by atoms with Gasteiger partial charge in [-0.15, -0.1) is 0 Å². The number of nitrogens with one attached hydrogen (secondary N) is 2. The molecule has 0 saturated carbocycles. The number of carbonyl (C=O) groups is 2. The van der Waals surface area contributed by atoms with Crippen molar-refractivity contribution in [1.29, 1.82) is 0 Å². The van der Waals surface area contributed by atoms with Crippen LogP contribution in [0.3, 0.4) is 0 Å². The average molecular weight is 500 g/mol. The monoisotopic (exact) mass is 499 g/mol. The molecule has 0 heterocycles. The Balaban J connectivity index is 1.71. The molecule has 3 aromatic rings. The van der Waals surface area contributed by atoms with Crippen LogP contribution in [0.5, 0.6) is 0 Å².